The number of anilines is 1. The number of methoxy groups -OCH3 is 1. The lowest BCUT2D eigenvalue weighted by molar-refractivity contribution is 0.0953. The number of hydrogen-bond acceptors (Lipinski definition) is 5. The van der Waals surface area contributed by atoms with Crippen LogP contribution >= 0.6 is 11.6 Å². The van der Waals surface area contributed by atoms with E-state index in [0.717, 1.165) is 11.3 Å². The summed E-state index contributed by atoms with van der Waals surface area (Å²) in [6, 6.07) is 22.2. The van der Waals surface area contributed by atoms with E-state index in [4.69, 9.17) is 32.0 Å². The van der Waals surface area contributed by atoms with Crippen LogP contribution in [-0.4, -0.2) is 27.6 Å². The summed E-state index contributed by atoms with van der Waals surface area (Å²) in [7, 11) is 1.60. The third-order valence-electron chi connectivity index (χ3n) is 5.44. The zero-order valence-electron chi connectivity index (χ0n) is 17.7. The molecule has 0 radical (unpaired) electrons. The third-order valence-corrected chi connectivity index (χ3v) is 5.69. The maximum atomic E-state index is 13.4. The number of halogens is 1. The van der Waals surface area contributed by atoms with Crippen LogP contribution in [-0.2, 0) is 6.54 Å². The van der Waals surface area contributed by atoms with Crippen molar-refractivity contribution >= 4 is 45.5 Å². The van der Waals surface area contributed by atoms with Crippen LogP contribution in [0.4, 0.5) is 5.82 Å². The van der Waals surface area contributed by atoms with Crippen LogP contribution < -0.4 is 15.8 Å². The Morgan fingerprint density at radius 3 is 2.39 bits per heavy atom. The van der Waals surface area contributed by atoms with Gasteiger partial charge in [-0.25, -0.2) is 9.97 Å². The van der Waals surface area contributed by atoms with Gasteiger partial charge >= 0.3 is 0 Å². The minimum absolute atomic E-state index is 0.250. The van der Waals surface area contributed by atoms with Gasteiger partial charge in [-0.1, -0.05) is 41.9 Å². The molecule has 0 saturated heterocycles. The molecule has 2 heterocycles. The Morgan fingerprint density at radius 1 is 1.00 bits per heavy atom. The first-order valence-corrected chi connectivity index (χ1v) is 10.7. The van der Waals surface area contributed by atoms with E-state index in [2.05, 4.69) is 5.32 Å². The third kappa shape index (κ3) is 3.72. The number of fused-ring (bicyclic) bond motifs is 2. The first kappa shape index (κ1) is 20.8. The predicted octanol–water partition coefficient (Wildman–Crippen LogP) is 4.75. The summed E-state index contributed by atoms with van der Waals surface area (Å²) < 4.78 is 7.11. The molecule has 0 spiro atoms. The van der Waals surface area contributed by atoms with Crippen molar-refractivity contribution in [1.29, 1.82) is 0 Å². The molecule has 0 unspecified atom stereocenters. The minimum atomic E-state index is -0.347. The van der Waals surface area contributed by atoms with Crippen LogP contribution in [0, 0.1) is 0 Å². The predicted molar refractivity (Wildman–Crippen MR) is 130 cm³/mol. The molecule has 3 N–H and O–H groups in total. The number of nitrogen functional groups attached to an aromatic ring is 1. The number of aromatic nitrogens is 3. The van der Waals surface area contributed by atoms with Gasteiger partial charge in [-0.15, -0.1) is 0 Å². The van der Waals surface area contributed by atoms with Crippen molar-refractivity contribution in [2.45, 2.75) is 6.54 Å². The zero-order chi connectivity index (χ0) is 22.9. The monoisotopic (exact) mass is 457 g/mol. The van der Waals surface area contributed by atoms with Crippen molar-refractivity contribution in [1.82, 2.24) is 19.9 Å². The number of amides is 1. The maximum absolute atomic E-state index is 13.4. The molecule has 5 aromatic rings. The van der Waals surface area contributed by atoms with Crippen molar-refractivity contribution < 1.29 is 9.53 Å². The molecule has 0 aliphatic carbocycles. The molecule has 164 valence electrons. The maximum Gasteiger partial charge on any atom is 0.257 e. The van der Waals surface area contributed by atoms with E-state index < -0.39 is 0 Å². The molecule has 2 aromatic heterocycles. The summed E-state index contributed by atoms with van der Waals surface area (Å²) in [5.41, 5.74) is 10.7. The molecule has 33 heavy (non-hydrogen) atoms. The van der Waals surface area contributed by atoms with Crippen LogP contribution in [0.15, 0.2) is 72.8 Å². The lowest BCUT2D eigenvalue weighted by atomic mass is 10.2. The molecule has 0 aliphatic rings. The molecular formula is C25H20ClN5O2. The molecule has 0 bridgehead atoms. The molecule has 1 amide bonds. The number of carbonyl (C=O) groups is 1. The highest BCUT2D eigenvalue weighted by Crippen LogP contribution is 2.31. The second-order valence-electron chi connectivity index (χ2n) is 7.45. The van der Waals surface area contributed by atoms with Crippen LogP contribution in [0.25, 0.3) is 27.9 Å². The van der Waals surface area contributed by atoms with Gasteiger partial charge in [0.1, 0.15) is 22.6 Å². The highest BCUT2D eigenvalue weighted by atomic mass is 35.5. The van der Waals surface area contributed by atoms with Gasteiger partial charge in [0.25, 0.3) is 5.91 Å². The van der Waals surface area contributed by atoms with E-state index in [1.54, 1.807) is 23.8 Å². The number of hydrogen-bond donors (Lipinski definition) is 2. The summed E-state index contributed by atoms with van der Waals surface area (Å²) in [4.78, 5) is 22.9. The molecule has 3 aromatic carbocycles. The average Bonchev–Trinajstić information content (AvgIpc) is 3.12. The Bertz CT molecular complexity index is 1490. The molecule has 7 nitrogen and oxygen atoms in total. The van der Waals surface area contributed by atoms with E-state index in [9.17, 15) is 4.79 Å². The number of carbonyl (C=O) groups excluding carboxylic acids is 1. The Morgan fingerprint density at radius 2 is 1.67 bits per heavy atom. The van der Waals surface area contributed by atoms with Crippen LogP contribution in [0.1, 0.15) is 15.9 Å². The zero-order valence-corrected chi connectivity index (χ0v) is 18.5. The fourth-order valence-electron chi connectivity index (χ4n) is 3.85. The fraction of sp³-hybridized carbons (Fsp3) is 0.0800. The summed E-state index contributed by atoms with van der Waals surface area (Å²) in [5.74, 6) is 0.598. The number of rotatable bonds is 5. The molecule has 5 rings (SSSR count). The van der Waals surface area contributed by atoms with Gasteiger partial charge in [0.15, 0.2) is 5.65 Å². The Labute approximate surface area is 194 Å². The first-order chi connectivity index (χ1) is 16.1. The highest BCUT2D eigenvalue weighted by molar-refractivity contribution is 6.30. The molecular weight excluding hydrogens is 438 g/mol. The quantitative estimate of drug-likeness (QED) is 0.397. The number of nitrogens with zero attached hydrogens (tertiary/aromatic N) is 3. The normalized spacial score (nSPS) is 11.1. The van der Waals surface area contributed by atoms with Crippen molar-refractivity contribution in [2.24, 2.45) is 0 Å². The second-order valence-corrected chi connectivity index (χ2v) is 7.89. The number of nitrogens with one attached hydrogen (secondary N) is 1. The van der Waals surface area contributed by atoms with E-state index in [1.165, 1.54) is 0 Å². The summed E-state index contributed by atoms with van der Waals surface area (Å²) in [6.45, 7) is 0.275. The average molecular weight is 458 g/mol. The standard InChI is InChI=1S/C25H20ClN5O2/c1-33-20-9-5-2-6-15(20)14-28-25(32)21-22-24(30-19-8-4-3-7-18(19)29-22)31(23(21)27)17-12-10-16(26)11-13-17/h2-13H,14,27H2,1H3,(H,28,32). The molecule has 0 fully saturated rings. The molecule has 8 heteroatoms. The number of nitrogens with two attached hydrogens (primary N) is 1. The molecule has 0 saturated carbocycles. The number of para-hydroxylation sites is 3. The van der Waals surface area contributed by atoms with Crippen LogP contribution in [0.3, 0.4) is 0 Å². The van der Waals surface area contributed by atoms with Crippen molar-refractivity contribution in [3.63, 3.8) is 0 Å². The lowest BCUT2D eigenvalue weighted by Gasteiger charge is -2.10. The molecule has 0 aliphatic heterocycles. The largest absolute Gasteiger partial charge is 0.496 e. The van der Waals surface area contributed by atoms with E-state index in [1.807, 2.05) is 60.7 Å². The van der Waals surface area contributed by atoms with Gasteiger partial charge in [-0.05, 0) is 42.5 Å². The smallest absolute Gasteiger partial charge is 0.257 e. The molecule has 0 atom stereocenters. The topological polar surface area (TPSA) is 95.1 Å². The SMILES string of the molecule is COc1ccccc1CNC(=O)c1c(N)n(-c2ccc(Cl)cc2)c2nc3ccccc3nc12. The van der Waals surface area contributed by atoms with Crippen molar-refractivity contribution in [2.75, 3.05) is 12.8 Å². The van der Waals surface area contributed by atoms with Gasteiger partial charge in [0.05, 0.1) is 18.1 Å². The van der Waals surface area contributed by atoms with Crippen molar-refractivity contribution in [3.8, 4) is 11.4 Å². The Hall–Kier alpha value is -4.10. The van der Waals surface area contributed by atoms with E-state index in [-0.39, 0.29) is 23.8 Å². The highest BCUT2D eigenvalue weighted by Gasteiger charge is 2.25. The lowest BCUT2D eigenvalue weighted by Crippen LogP contribution is -2.24. The van der Waals surface area contributed by atoms with Gasteiger partial charge < -0.3 is 15.8 Å². The summed E-state index contributed by atoms with van der Waals surface area (Å²) >= 11 is 6.07. The summed E-state index contributed by atoms with van der Waals surface area (Å²) in [5, 5.41) is 3.54. The van der Waals surface area contributed by atoms with Crippen LogP contribution in [0.2, 0.25) is 5.02 Å². The fourth-order valence-corrected chi connectivity index (χ4v) is 3.98. The first-order valence-electron chi connectivity index (χ1n) is 10.3. The number of ether oxygens (including phenoxy) is 1. The van der Waals surface area contributed by atoms with Crippen LogP contribution in [0.5, 0.6) is 5.75 Å². The van der Waals surface area contributed by atoms with Crippen molar-refractivity contribution in [3.05, 3.63) is 88.9 Å². The Balaban J connectivity index is 1.64. The van der Waals surface area contributed by atoms with E-state index in [0.29, 0.717) is 33.0 Å². The van der Waals surface area contributed by atoms with Gasteiger partial charge in [-0.3, -0.25) is 9.36 Å². The summed E-state index contributed by atoms with van der Waals surface area (Å²) in [6.07, 6.45) is 0. The van der Waals surface area contributed by atoms with Gasteiger partial charge in [-0.2, -0.15) is 0 Å². The van der Waals surface area contributed by atoms with Gasteiger partial charge in [0.2, 0.25) is 0 Å². The van der Waals surface area contributed by atoms with Gasteiger partial charge in [0, 0.05) is 22.8 Å². The second kappa shape index (κ2) is 8.44. The van der Waals surface area contributed by atoms with E-state index >= 15 is 0 Å². The number of benzene rings is 3. The Kier molecular flexibility index (Phi) is 5.32. The minimum Gasteiger partial charge on any atom is -0.496 e.